The summed E-state index contributed by atoms with van der Waals surface area (Å²) in [6.45, 7) is 15.0. The Bertz CT molecular complexity index is 1170. The van der Waals surface area contributed by atoms with E-state index < -0.39 is 35.6 Å². The minimum absolute atomic E-state index is 0.221. The van der Waals surface area contributed by atoms with Gasteiger partial charge in [0, 0.05) is 30.1 Å². The zero-order chi connectivity index (χ0) is 31.3. The highest BCUT2D eigenvalue weighted by molar-refractivity contribution is 9.09. The lowest BCUT2D eigenvalue weighted by atomic mass is 9.70. The van der Waals surface area contributed by atoms with Crippen LogP contribution < -0.4 is 9.64 Å². The van der Waals surface area contributed by atoms with Crippen molar-refractivity contribution in [1.29, 1.82) is 0 Å². The van der Waals surface area contributed by atoms with Crippen LogP contribution in [0.25, 0.3) is 0 Å². The first-order valence-electron chi connectivity index (χ1n) is 15.5. The van der Waals surface area contributed by atoms with Crippen molar-refractivity contribution in [3.63, 3.8) is 0 Å². The van der Waals surface area contributed by atoms with E-state index in [4.69, 9.17) is 9.47 Å². The van der Waals surface area contributed by atoms with E-state index in [2.05, 4.69) is 36.0 Å². The molecule has 0 aliphatic carbocycles. The van der Waals surface area contributed by atoms with Gasteiger partial charge in [0.15, 0.2) is 0 Å². The number of fused-ring (bicyclic) bond motifs is 1. The number of aliphatic hydroxyl groups excluding tert-OH is 1. The van der Waals surface area contributed by atoms with Gasteiger partial charge in [0.25, 0.3) is 0 Å². The molecule has 0 saturated carbocycles. The monoisotopic (exact) mass is 659 g/mol. The number of halogens is 1. The summed E-state index contributed by atoms with van der Waals surface area (Å²) in [7, 11) is 0. The minimum atomic E-state index is -1.20. The number of unbranched alkanes of at least 4 members (excludes halogenated alkanes) is 2. The number of nitrogens with zero attached hydrogens (tertiary/aromatic N) is 3. The van der Waals surface area contributed by atoms with Crippen LogP contribution in [-0.4, -0.2) is 94.1 Å². The Hall–Kier alpha value is -2.69. The van der Waals surface area contributed by atoms with Crippen molar-refractivity contribution in [2.24, 2.45) is 11.8 Å². The normalized spacial score (nSPS) is 28.0. The first-order chi connectivity index (χ1) is 20.7. The Labute approximate surface area is 264 Å². The number of likely N-dealkylation sites (tertiary alicyclic amines) is 1. The molecule has 3 aliphatic heterocycles. The lowest BCUT2D eigenvalue weighted by Gasteiger charge is -2.39. The molecule has 43 heavy (non-hydrogen) atoms. The molecule has 3 amide bonds. The van der Waals surface area contributed by atoms with E-state index in [-0.39, 0.29) is 35.7 Å². The fourth-order valence-electron chi connectivity index (χ4n) is 7.13. The van der Waals surface area contributed by atoms with Gasteiger partial charge in [-0.15, -0.1) is 13.2 Å². The van der Waals surface area contributed by atoms with Gasteiger partial charge in [-0.2, -0.15) is 0 Å². The highest BCUT2D eigenvalue weighted by Crippen LogP contribution is 2.61. The quantitative estimate of drug-likeness (QED) is 0.161. The van der Waals surface area contributed by atoms with Crippen molar-refractivity contribution in [3.8, 4) is 5.75 Å². The van der Waals surface area contributed by atoms with Gasteiger partial charge in [-0.3, -0.25) is 14.4 Å². The maximum Gasteiger partial charge on any atom is 0.248 e. The predicted octanol–water partition coefficient (Wildman–Crippen LogP) is 4.33. The molecule has 3 fully saturated rings. The molecule has 3 heterocycles. The average molecular weight is 661 g/mol. The maximum atomic E-state index is 14.5. The third kappa shape index (κ3) is 6.02. The number of anilines is 1. The number of carbonyl (C=O) groups is 3. The molecule has 3 saturated heterocycles. The molecule has 0 aromatic heterocycles. The summed E-state index contributed by atoms with van der Waals surface area (Å²) in [5.74, 6) is -1.76. The van der Waals surface area contributed by atoms with E-state index in [0.717, 1.165) is 19.3 Å². The topological polar surface area (TPSA) is 99.6 Å². The van der Waals surface area contributed by atoms with Crippen molar-refractivity contribution in [2.45, 2.75) is 81.5 Å². The smallest absolute Gasteiger partial charge is 0.248 e. The average Bonchev–Trinajstić information content (AvgIpc) is 3.60. The van der Waals surface area contributed by atoms with Crippen LogP contribution in [0, 0.1) is 11.8 Å². The SMILES string of the molecule is C=CCN(CCCCC)C(=O)C1N([C@@H](CC)CO)C(=O)[C@@H]2[C@H](C(=O)N(CC=C)c3ccc(OCC)cc3)[C@H]3OC12CC3Br. The van der Waals surface area contributed by atoms with Gasteiger partial charge in [0.1, 0.15) is 17.4 Å². The summed E-state index contributed by atoms with van der Waals surface area (Å²) < 4.78 is 12.3. The van der Waals surface area contributed by atoms with E-state index in [9.17, 15) is 19.5 Å². The predicted molar refractivity (Wildman–Crippen MR) is 170 cm³/mol. The molecule has 1 aromatic rings. The molecular weight excluding hydrogens is 614 g/mol. The molecule has 3 aliphatic rings. The third-order valence-corrected chi connectivity index (χ3v) is 9.90. The van der Waals surface area contributed by atoms with Gasteiger partial charge in [0.05, 0.1) is 37.2 Å². The van der Waals surface area contributed by atoms with Crippen LogP contribution in [0.2, 0.25) is 0 Å². The number of carbonyl (C=O) groups excluding carboxylic acids is 3. The Morgan fingerprint density at radius 2 is 1.86 bits per heavy atom. The first-order valence-corrected chi connectivity index (χ1v) is 16.5. The molecule has 2 bridgehead atoms. The zero-order valence-electron chi connectivity index (χ0n) is 25.6. The first kappa shape index (κ1) is 33.2. The molecule has 4 rings (SSSR count). The van der Waals surface area contributed by atoms with Crippen LogP contribution in [0.1, 0.15) is 52.9 Å². The van der Waals surface area contributed by atoms with Crippen molar-refractivity contribution >= 4 is 39.3 Å². The van der Waals surface area contributed by atoms with Crippen LogP contribution in [0.3, 0.4) is 0 Å². The molecule has 1 spiro atoms. The van der Waals surface area contributed by atoms with Gasteiger partial charge in [-0.25, -0.2) is 0 Å². The number of alkyl halides is 1. The van der Waals surface area contributed by atoms with Crippen LogP contribution in [0.15, 0.2) is 49.6 Å². The number of ether oxygens (including phenoxy) is 2. The summed E-state index contributed by atoms with van der Waals surface area (Å²) >= 11 is 3.76. The fraction of sp³-hybridized carbons (Fsp3) is 0.606. The molecule has 0 radical (unpaired) electrons. The molecule has 236 valence electrons. The molecule has 7 atom stereocenters. The largest absolute Gasteiger partial charge is 0.494 e. The molecule has 3 unspecified atom stereocenters. The van der Waals surface area contributed by atoms with Gasteiger partial charge in [0.2, 0.25) is 17.7 Å². The maximum absolute atomic E-state index is 14.5. The second-order valence-electron chi connectivity index (χ2n) is 11.6. The van der Waals surface area contributed by atoms with Crippen LogP contribution >= 0.6 is 15.9 Å². The van der Waals surface area contributed by atoms with Crippen molar-refractivity contribution < 1.29 is 29.0 Å². The summed E-state index contributed by atoms with van der Waals surface area (Å²) in [6.07, 6.45) is 6.44. The van der Waals surface area contributed by atoms with Crippen LogP contribution in [0.4, 0.5) is 5.69 Å². The molecule has 10 heteroatoms. The lowest BCUT2D eigenvalue weighted by Crippen LogP contribution is -2.59. The third-order valence-electron chi connectivity index (χ3n) is 9.05. The minimum Gasteiger partial charge on any atom is -0.494 e. The zero-order valence-corrected chi connectivity index (χ0v) is 27.2. The summed E-state index contributed by atoms with van der Waals surface area (Å²) in [6, 6.07) is 5.73. The number of rotatable bonds is 16. The van der Waals surface area contributed by atoms with Gasteiger partial charge in [-0.05, 0) is 50.5 Å². The second-order valence-corrected chi connectivity index (χ2v) is 12.8. The Morgan fingerprint density at radius 1 is 1.16 bits per heavy atom. The van der Waals surface area contributed by atoms with Crippen molar-refractivity contribution in [1.82, 2.24) is 9.80 Å². The fourth-order valence-corrected chi connectivity index (χ4v) is 8.07. The van der Waals surface area contributed by atoms with Crippen molar-refractivity contribution in [2.75, 3.05) is 37.7 Å². The van der Waals surface area contributed by atoms with E-state index in [1.807, 2.05) is 38.1 Å². The summed E-state index contributed by atoms with van der Waals surface area (Å²) in [4.78, 5) is 48.1. The number of hydrogen-bond acceptors (Lipinski definition) is 6. The molecular formula is C33H46BrN3O6. The molecule has 1 aromatic carbocycles. The number of amides is 3. The van der Waals surface area contributed by atoms with E-state index in [0.29, 0.717) is 44.0 Å². The molecule has 9 nitrogen and oxygen atoms in total. The number of benzene rings is 1. The van der Waals surface area contributed by atoms with Crippen LogP contribution in [0.5, 0.6) is 5.75 Å². The van der Waals surface area contributed by atoms with E-state index >= 15 is 0 Å². The standard InChI is InChI=1S/C33H46BrN3O6/c1-6-11-12-19-35(17-7-2)32(41)29-33-20-25(34)28(43-33)26(27(33)31(40)37(29)22(9-4)21-38)30(39)36(18-8-3)23-13-15-24(16-14-23)42-10-5/h7-8,13-16,22,25-29,38H,2-3,6,9-12,17-21H2,1,4-5H3/t22-,25?,26-,27-,28-,29?,33?/m0/s1. The highest BCUT2D eigenvalue weighted by Gasteiger charge is 2.77. The van der Waals surface area contributed by atoms with Crippen molar-refractivity contribution in [3.05, 3.63) is 49.6 Å². The Balaban J connectivity index is 1.76. The van der Waals surface area contributed by atoms with Crippen LogP contribution in [-0.2, 0) is 19.1 Å². The number of aliphatic hydroxyl groups is 1. The Kier molecular flexibility index (Phi) is 11.1. The van der Waals surface area contributed by atoms with Gasteiger partial charge in [-0.1, -0.05) is 54.8 Å². The molecule has 1 N–H and O–H groups in total. The summed E-state index contributed by atoms with van der Waals surface area (Å²) in [5.41, 5.74) is -0.542. The summed E-state index contributed by atoms with van der Waals surface area (Å²) in [5, 5.41) is 10.4. The Morgan fingerprint density at radius 3 is 2.44 bits per heavy atom. The lowest BCUT2D eigenvalue weighted by molar-refractivity contribution is -0.151. The number of hydrogen-bond donors (Lipinski definition) is 1. The second kappa shape index (κ2) is 14.4. The van der Waals surface area contributed by atoms with Gasteiger partial charge < -0.3 is 29.3 Å². The van der Waals surface area contributed by atoms with E-state index in [1.54, 1.807) is 26.9 Å². The highest BCUT2D eigenvalue weighted by atomic mass is 79.9. The van der Waals surface area contributed by atoms with E-state index in [1.165, 1.54) is 0 Å². The van der Waals surface area contributed by atoms with Gasteiger partial charge >= 0.3 is 0 Å².